The summed E-state index contributed by atoms with van der Waals surface area (Å²) in [4.78, 5) is 0.114. The van der Waals surface area contributed by atoms with Gasteiger partial charge in [-0.15, -0.1) is 4.28 Å². The van der Waals surface area contributed by atoms with Crippen LogP contribution >= 0.6 is 0 Å². The molecule has 0 amide bonds. The van der Waals surface area contributed by atoms with Crippen LogP contribution in [0.1, 0.15) is 0 Å². The van der Waals surface area contributed by atoms with Crippen LogP contribution in [0.3, 0.4) is 0 Å². The molecular weight excluding hydrogens is 298 g/mol. The first-order valence-corrected chi connectivity index (χ1v) is 8.13. The number of rotatable bonds is 4. The molecule has 5 heteroatoms. The molecule has 110 valence electrons. The number of aromatic nitrogens is 1. The van der Waals surface area contributed by atoms with Gasteiger partial charge in [0.05, 0.1) is 0 Å². The molecule has 22 heavy (non-hydrogen) atoms. The first-order chi connectivity index (χ1) is 10.6. The van der Waals surface area contributed by atoms with Crippen molar-refractivity contribution in [2.45, 2.75) is 4.90 Å². The Morgan fingerprint density at radius 1 is 0.682 bits per heavy atom. The highest BCUT2D eigenvalue weighted by atomic mass is 32.2. The molecule has 0 saturated heterocycles. The lowest BCUT2D eigenvalue weighted by atomic mass is 10.1. The highest BCUT2D eigenvalue weighted by molar-refractivity contribution is 7.86. The van der Waals surface area contributed by atoms with Gasteiger partial charge in [-0.1, -0.05) is 48.5 Å². The van der Waals surface area contributed by atoms with Crippen LogP contribution in [0.25, 0.3) is 11.1 Å². The second kappa shape index (κ2) is 5.99. The fourth-order valence-electron chi connectivity index (χ4n) is 2.03. The molecule has 0 bridgehead atoms. The van der Waals surface area contributed by atoms with E-state index in [2.05, 4.69) is 0 Å². The van der Waals surface area contributed by atoms with Crippen molar-refractivity contribution >= 4 is 10.1 Å². The van der Waals surface area contributed by atoms with E-state index in [1.807, 2.05) is 30.3 Å². The molecule has 3 aromatic rings. The van der Waals surface area contributed by atoms with Gasteiger partial charge in [-0.25, -0.2) is 0 Å². The highest BCUT2D eigenvalue weighted by Crippen LogP contribution is 2.20. The number of nitrogens with zero attached hydrogens (tertiary/aromatic N) is 1. The summed E-state index contributed by atoms with van der Waals surface area (Å²) in [6, 6.07) is 21.5. The molecule has 3 rings (SSSR count). The minimum atomic E-state index is -3.85. The molecule has 2 aromatic carbocycles. The molecule has 0 fully saturated rings. The predicted molar refractivity (Wildman–Crippen MR) is 82.3 cm³/mol. The normalized spacial score (nSPS) is 11.1. The molecular formula is C17H14NO3S+. The molecule has 0 aliphatic heterocycles. The molecule has 0 radical (unpaired) electrons. The Balaban J connectivity index is 1.86. The molecule has 0 spiro atoms. The largest absolute Gasteiger partial charge is 0.396 e. The quantitative estimate of drug-likeness (QED) is 0.695. The van der Waals surface area contributed by atoms with Gasteiger partial charge in [-0.2, -0.15) is 8.42 Å². The molecule has 0 saturated carbocycles. The maximum Gasteiger partial charge on any atom is 0.396 e. The number of benzene rings is 2. The Kier molecular flexibility index (Phi) is 3.89. The summed E-state index contributed by atoms with van der Waals surface area (Å²) in [5, 5.41) is 0. The SMILES string of the molecule is O=S(=O)(O[n+]1ccccc1)c1ccc(-c2ccccc2)cc1. The van der Waals surface area contributed by atoms with Gasteiger partial charge in [0.1, 0.15) is 4.90 Å². The number of hydrogen-bond acceptors (Lipinski definition) is 3. The topological polar surface area (TPSA) is 47.3 Å². The van der Waals surface area contributed by atoms with Crippen LogP contribution in [0.5, 0.6) is 0 Å². The van der Waals surface area contributed by atoms with Gasteiger partial charge in [0.25, 0.3) is 0 Å². The van der Waals surface area contributed by atoms with Crippen molar-refractivity contribution in [3.05, 3.63) is 85.2 Å². The third-order valence-electron chi connectivity index (χ3n) is 3.12. The predicted octanol–water partition coefficient (Wildman–Crippen LogP) is 2.46. The van der Waals surface area contributed by atoms with Crippen molar-refractivity contribution in [2.75, 3.05) is 0 Å². The van der Waals surface area contributed by atoms with Crippen LogP contribution in [-0.2, 0) is 10.1 Å². The molecule has 0 aliphatic carbocycles. The van der Waals surface area contributed by atoms with Crippen molar-refractivity contribution in [1.82, 2.24) is 0 Å². The zero-order valence-electron chi connectivity index (χ0n) is 11.7. The van der Waals surface area contributed by atoms with Crippen molar-refractivity contribution < 1.29 is 17.4 Å². The maximum atomic E-state index is 12.2. The van der Waals surface area contributed by atoms with Gasteiger partial charge in [-0.05, 0) is 23.3 Å². The van der Waals surface area contributed by atoms with E-state index in [0.29, 0.717) is 0 Å². The fourth-order valence-corrected chi connectivity index (χ4v) is 2.92. The zero-order valence-corrected chi connectivity index (χ0v) is 12.5. The van der Waals surface area contributed by atoms with E-state index in [1.165, 1.54) is 12.4 Å². The van der Waals surface area contributed by atoms with Crippen molar-refractivity contribution in [3.8, 4) is 11.1 Å². The molecule has 0 atom stereocenters. The van der Waals surface area contributed by atoms with Gasteiger partial charge in [0.15, 0.2) is 0 Å². The summed E-state index contributed by atoms with van der Waals surface area (Å²) in [6.45, 7) is 0. The summed E-state index contributed by atoms with van der Waals surface area (Å²) in [6.07, 6.45) is 3.05. The van der Waals surface area contributed by atoms with E-state index in [-0.39, 0.29) is 4.90 Å². The van der Waals surface area contributed by atoms with Gasteiger partial charge < -0.3 is 0 Å². The molecule has 4 nitrogen and oxygen atoms in total. The summed E-state index contributed by atoms with van der Waals surface area (Å²) in [5.41, 5.74) is 1.98. The van der Waals surface area contributed by atoms with Crippen molar-refractivity contribution in [2.24, 2.45) is 0 Å². The summed E-state index contributed by atoms with van der Waals surface area (Å²) in [5.74, 6) is 0. The van der Waals surface area contributed by atoms with Crippen LogP contribution in [0.2, 0.25) is 0 Å². The van der Waals surface area contributed by atoms with E-state index in [4.69, 9.17) is 4.28 Å². The highest BCUT2D eigenvalue weighted by Gasteiger charge is 2.21. The maximum absolute atomic E-state index is 12.2. The van der Waals surface area contributed by atoms with Crippen LogP contribution < -0.4 is 9.01 Å². The van der Waals surface area contributed by atoms with Gasteiger partial charge in [0.2, 0.25) is 12.4 Å². The molecule has 0 aliphatic rings. The Labute approximate surface area is 129 Å². The lowest BCUT2D eigenvalue weighted by molar-refractivity contribution is -0.856. The third-order valence-corrected chi connectivity index (χ3v) is 4.34. The van der Waals surface area contributed by atoms with Crippen LogP contribution in [0.4, 0.5) is 0 Å². The monoisotopic (exact) mass is 312 g/mol. The summed E-state index contributed by atoms with van der Waals surface area (Å²) >= 11 is 0. The molecule has 1 heterocycles. The van der Waals surface area contributed by atoms with Crippen LogP contribution in [0, 0.1) is 0 Å². The minimum absolute atomic E-state index is 0.114. The van der Waals surface area contributed by atoms with Crippen molar-refractivity contribution in [3.63, 3.8) is 0 Å². The van der Waals surface area contributed by atoms with Crippen LogP contribution in [-0.4, -0.2) is 8.42 Å². The number of hydrogen-bond donors (Lipinski definition) is 0. The molecule has 0 N–H and O–H groups in total. The Bertz CT molecular complexity index is 845. The minimum Gasteiger partial charge on any atom is -0.176 e. The number of pyridine rings is 1. The Morgan fingerprint density at radius 3 is 1.86 bits per heavy atom. The zero-order chi connectivity index (χ0) is 15.4. The van der Waals surface area contributed by atoms with E-state index in [9.17, 15) is 8.42 Å². The van der Waals surface area contributed by atoms with E-state index < -0.39 is 10.1 Å². The molecule has 1 aromatic heterocycles. The first-order valence-electron chi connectivity index (χ1n) is 6.72. The second-order valence-electron chi connectivity index (χ2n) is 4.65. The van der Waals surface area contributed by atoms with E-state index >= 15 is 0 Å². The smallest absolute Gasteiger partial charge is 0.176 e. The average molecular weight is 312 g/mol. The van der Waals surface area contributed by atoms with Crippen molar-refractivity contribution in [1.29, 1.82) is 0 Å². The standard InChI is InChI=1S/C17H14NO3S/c19-22(20,21-18-13-5-2-6-14-18)17-11-9-16(10-12-17)15-7-3-1-4-8-15/h1-14H/q+1. The van der Waals surface area contributed by atoms with Gasteiger partial charge >= 0.3 is 10.1 Å². The van der Waals surface area contributed by atoms with E-state index in [0.717, 1.165) is 15.9 Å². The first kappa shape index (κ1) is 14.3. The average Bonchev–Trinajstić information content (AvgIpc) is 2.56. The Hall–Kier alpha value is -2.66. The van der Waals surface area contributed by atoms with Crippen LogP contribution in [0.15, 0.2) is 90.1 Å². The molecule has 0 unspecified atom stereocenters. The van der Waals surface area contributed by atoms with Gasteiger partial charge in [-0.3, -0.25) is 0 Å². The fraction of sp³-hybridized carbons (Fsp3) is 0. The second-order valence-corrected chi connectivity index (χ2v) is 6.18. The lowest BCUT2D eigenvalue weighted by Crippen LogP contribution is -2.44. The third kappa shape index (κ3) is 3.15. The summed E-state index contributed by atoms with van der Waals surface area (Å²) < 4.78 is 30.6. The van der Waals surface area contributed by atoms with E-state index in [1.54, 1.807) is 42.5 Å². The Morgan fingerprint density at radius 2 is 1.23 bits per heavy atom. The lowest BCUT2D eigenvalue weighted by Gasteiger charge is -2.03. The van der Waals surface area contributed by atoms with Gasteiger partial charge in [0, 0.05) is 16.9 Å². The summed E-state index contributed by atoms with van der Waals surface area (Å²) in [7, 11) is -3.85.